The molecule has 116 valence electrons. The summed E-state index contributed by atoms with van der Waals surface area (Å²) in [6.07, 6.45) is 4.98. The van der Waals surface area contributed by atoms with Gasteiger partial charge in [-0.15, -0.1) is 11.3 Å². The first kappa shape index (κ1) is 16.0. The van der Waals surface area contributed by atoms with Gasteiger partial charge in [0.25, 0.3) is 0 Å². The lowest BCUT2D eigenvalue weighted by Gasteiger charge is -2.15. The summed E-state index contributed by atoms with van der Waals surface area (Å²) in [5.74, 6) is 0.907. The zero-order chi connectivity index (χ0) is 15.2. The zero-order valence-corrected chi connectivity index (χ0v) is 14.0. The van der Waals surface area contributed by atoms with Crippen molar-refractivity contribution in [3.8, 4) is 0 Å². The van der Waals surface area contributed by atoms with E-state index in [1.807, 2.05) is 20.0 Å². The lowest BCUT2D eigenvalue weighted by atomic mass is 10.3. The van der Waals surface area contributed by atoms with E-state index < -0.39 is 0 Å². The molecule has 0 aromatic carbocycles. The van der Waals surface area contributed by atoms with Crippen molar-refractivity contribution in [1.82, 2.24) is 14.5 Å². The molecule has 0 aliphatic rings. The van der Waals surface area contributed by atoms with Gasteiger partial charge in [0.15, 0.2) is 0 Å². The lowest BCUT2D eigenvalue weighted by molar-refractivity contribution is 0.147. The van der Waals surface area contributed by atoms with Crippen molar-refractivity contribution >= 4 is 17.3 Å². The molecule has 0 bridgehead atoms. The fraction of sp³-hybridized carbons (Fsp3) is 0.600. The number of imidazole rings is 1. The number of hydrogen-bond acceptors (Lipinski definition) is 5. The molecule has 21 heavy (non-hydrogen) atoms. The van der Waals surface area contributed by atoms with Crippen LogP contribution in [-0.2, 0) is 4.74 Å². The monoisotopic (exact) mass is 308 g/mol. The zero-order valence-electron chi connectivity index (χ0n) is 13.2. The van der Waals surface area contributed by atoms with Crippen LogP contribution in [0.3, 0.4) is 0 Å². The first-order valence-electron chi connectivity index (χ1n) is 7.41. The number of hydrogen-bond donors (Lipinski definition) is 1. The van der Waals surface area contributed by atoms with Gasteiger partial charge in [-0.05, 0) is 34.1 Å². The van der Waals surface area contributed by atoms with E-state index in [0.717, 1.165) is 42.8 Å². The van der Waals surface area contributed by atoms with Crippen molar-refractivity contribution in [2.45, 2.75) is 40.2 Å². The van der Waals surface area contributed by atoms with Crippen molar-refractivity contribution < 1.29 is 4.74 Å². The molecule has 0 radical (unpaired) electrons. The Kier molecular flexibility index (Phi) is 5.76. The van der Waals surface area contributed by atoms with E-state index in [9.17, 15) is 0 Å². The number of aryl methyl sites for hydroxylation is 2. The summed E-state index contributed by atoms with van der Waals surface area (Å²) in [5, 5.41) is 4.51. The van der Waals surface area contributed by atoms with Crippen LogP contribution in [0.25, 0.3) is 0 Å². The third-order valence-electron chi connectivity index (χ3n) is 3.22. The summed E-state index contributed by atoms with van der Waals surface area (Å²) in [5.41, 5.74) is 1.02. The van der Waals surface area contributed by atoms with Gasteiger partial charge in [0.2, 0.25) is 5.95 Å². The van der Waals surface area contributed by atoms with Crippen molar-refractivity contribution in [3.63, 3.8) is 0 Å². The summed E-state index contributed by atoms with van der Waals surface area (Å²) in [6.45, 7) is 10.7. The highest BCUT2D eigenvalue weighted by Gasteiger charge is 2.16. The minimum atomic E-state index is 0.194. The molecule has 0 fully saturated rings. The second-order valence-corrected chi connectivity index (χ2v) is 6.34. The van der Waals surface area contributed by atoms with E-state index in [1.54, 1.807) is 11.3 Å². The lowest BCUT2D eigenvalue weighted by Crippen LogP contribution is -2.13. The van der Waals surface area contributed by atoms with Gasteiger partial charge in [0.1, 0.15) is 5.01 Å². The summed E-state index contributed by atoms with van der Waals surface area (Å²) in [4.78, 5) is 10.3. The first-order valence-corrected chi connectivity index (χ1v) is 8.23. The normalized spacial score (nSPS) is 12.6. The predicted octanol–water partition coefficient (Wildman–Crippen LogP) is 3.40. The maximum absolute atomic E-state index is 5.35. The first-order chi connectivity index (χ1) is 10.1. The van der Waals surface area contributed by atoms with E-state index in [0.29, 0.717) is 0 Å². The number of aromatic nitrogens is 3. The molecule has 0 amide bonds. The maximum Gasteiger partial charge on any atom is 0.203 e. The number of ether oxygens (including phenoxy) is 1. The van der Waals surface area contributed by atoms with Gasteiger partial charge in [-0.2, -0.15) is 0 Å². The summed E-state index contributed by atoms with van der Waals surface area (Å²) in [6, 6.07) is 0.194. The van der Waals surface area contributed by atoms with Gasteiger partial charge in [-0.1, -0.05) is 0 Å². The second kappa shape index (κ2) is 7.56. The van der Waals surface area contributed by atoms with Crippen LogP contribution in [0, 0.1) is 13.8 Å². The van der Waals surface area contributed by atoms with Crippen LogP contribution in [0.2, 0.25) is 0 Å². The minimum Gasteiger partial charge on any atom is -0.382 e. The highest BCUT2D eigenvalue weighted by Crippen LogP contribution is 2.26. The summed E-state index contributed by atoms with van der Waals surface area (Å²) in [7, 11) is 0. The largest absolute Gasteiger partial charge is 0.382 e. The number of rotatable bonds is 8. The molecule has 1 atom stereocenters. The maximum atomic E-state index is 5.35. The Bertz CT molecular complexity index is 564. The fourth-order valence-electron chi connectivity index (χ4n) is 2.15. The van der Waals surface area contributed by atoms with Crippen LogP contribution in [0.5, 0.6) is 0 Å². The topological polar surface area (TPSA) is 52.0 Å². The van der Waals surface area contributed by atoms with E-state index in [1.165, 1.54) is 4.88 Å². The second-order valence-electron chi connectivity index (χ2n) is 5.08. The van der Waals surface area contributed by atoms with Crippen LogP contribution in [0.4, 0.5) is 5.95 Å². The third kappa shape index (κ3) is 4.28. The molecule has 0 spiro atoms. The van der Waals surface area contributed by atoms with Crippen LogP contribution >= 0.6 is 11.3 Å². The van der Waals surface area contributed by atoms with Crippen LogP contribution in [0.15, 0.2) is 12.4 Å². The molecule has 2 rings (SSSR count). The standard InChI is InChI=1S/C15H24N4OS/c1-5-20-8-6-7-16-15-18-11(2)10-19(15)13(4)14-17-9-12(3)21-14/h9-10,13H,5-8H2,1-4H3,(H,16,18). The van der Waals surface area contributed by atoms with Crippen molar-refractivity contribution in [1.29, 1.82) is 0 Å². The highest BCUT2D eigenvalue weighted by atomic mass is 32.1. The molecule has 2 aromatic rings. The SMILES string of the molecule is CCOCCCNc1nc(C)cn1C(C)c1ncc(C)s1. The smallest absolute Gasteiger partial charge is 0.203 e. The number of anilines is 1. The molecule has 1 N–H and O–H groups in total. The van der Waals surface area contributed by atoms with E-state index >= 15 is 0 Å². The fourth-order valence-corrected chi connectivity index (χ4v) is 2.97. The number of nitrogens with zero attached hydrogens (tertiary/aromatic N) is 3. The molecule has 1 unspecified atom stereocenters. The summed E-state index contributed by atoms with van der Waals surface area (Å²) >= 11 is 1.74. The molecule has 2 aromatic heterocycles. The molecule has 0 saturated heterocycles. The van der Waals surface area contributed by atoms with Crippen LogP contribution in [-0.4, -0.2) is 34.3 Å². The van der Waals surface area contributed by atoms with Crippen LogP contribution in [0.1, 0.15) is 41.9 Å². The van der Waals surface area contributed by atoms with Gasteiger partial charge < -0.3 is 14.6 Å². The van der Waals surface area contributed by atoms with Gasteiger partial charge in [-0.3, -0.25) is 0 Å². The molecule has 0 saturated carbocycles. The molecule has 2 heterocycles. The van der Waals surface area contributed by atoms with E-state index in [-0.39, 0.29) is 6.04 Å². The Balaban J connectivity index is 2.02. The Morgan fingerprint density at radius 2 is 2.24 bits per heavy atom. The van der Waals surface area contributed by atoms with E-state index in [2.05, 4.69) is 39.9 Å². The van der Waals surface area contributed by atoms with Gasteiger partial charge in [0, 0.05) is 37.0 Å². The van der Waals surface area contributed by atoms with Crippen molar-refractivity contribution in [2.75, 3.05) is 25.1 Å². The Hall–Kier alpha value is -1.40. The van der Waals surface area contributed by atoms with Gasteiger partial charge in [-0.25, -0.2) is 9.97 Å². The molecular formula is C15H24N4OS. The Labute approximate surface area is 130 Å². The number of thiazole rings is 1. The van der Waals surface area contributed by atoms with Crippen molar-refractivity contribution in [3.05, 3.63) is 28.0 Å². The van der Waals surface area contributed by atoms with Crippen LogP contribution < -0.4 is 5.32 Å². The predicted molar refractivity (Wildman–Crippen MR) is 87.2 cm³/mol. The number of nitrogens with one attached hydrogen (secondary N) is 1. The highest BCUT2D eigenvalue weighted by molar-refractivity contribution is 7.11. The Morgan fingerprint density at radius 1 is 1.43 bits per heavy atom. The molecular weight excluding hydrogens is 284 g/mol. The Morgan fingerprint density at radius 3 is 2.90 bits per heavy atom. The minimum absolute atomic E-state index is 0.194. The third-order valence-corrected chi connectivity index (χ3v) is 4.30. The molecule has 0 aliphatic carbocycles. The molecule has 5 nitrogen and oxygen atoms in total. The average Bonchev–Trinajstić information content (AvgIpc) is 3.04. The molecule has 0 aliphatic heterocycles. The quantitative estimate of drug-likeness (QED) is 0.759. The van der Waals surface area contributed by atoms with E-state index in [4.69, 9.17) is 4.74 Å². The molecule has 6 heteroatoms. The summed E-state index contributed by atoms with van der Waals surface area (Å²) < 4.78 is 7.51. The van der Waals surface area contributed by atoms with Crippen molar-refractivity contribution in [2.24, 2.45) is 0 Å². The van der Waals surface area contributed by atoms with Gasteiger partial charge >= 0.3 is 0 Å². The average molecular weight is 308 g/mol. The van der Waals surface area contributed by atoms with Gasteiger partial charge in [0.05, 0.1) is 11.7 Å².